The van der Waals surface area contributed by atoms with E-state index >= 15 is 0 Å². The molecule has 5 heteroatoms. The maximum absolute atomic E-state index is 5.87. The van der Waals surface area contributed by atoms with Crippen LogP contribution in [0.3, 0.4) is 0 Å². The van der Waals surface area contributed by atoms with Crippen molar-refractivity contribution in [3.05, 3.63) is 33.6 Å². The fraction of sp³-hybridized carbons (Fsp3) is 0.0909. The van der Waals surface area contributed by atoms with Gasteiger partial charge in [0.25, 0.3) is 0 Å². The van der Waals surface area contributed by atoms with Gasteiger partial charge in [0.1, 0.15) is 5.52 Å². The van der Waals surface area contributed by atoms with Gasteiger partial charge in [-0.25, -0.2) is 9.97 Å². The molecular formula is C11H7BrClN3. The molecular weight excluding hydrogens is 289 g/mol. The SMILES string of the molecule is Cc1nc(Cl)nc2c1[nH]c1ccc(Br)cc12. The van der Waals surface area contributed by atoms with E-state index in [2.05, 4.69) is 30.9 Å². The summed E-state index contributed by atoms with van der Waals surface area (Å²) in [4.78, 5) is 11.7. The molecule has 2 heterocycles. The molecule has 2 aromatic heterocycles. The molecule has 0 aliphatic carbocycles. The van der Waals surface area contributed by atoms with Crippen LogP contribution in [-0.4, -0.2) is 15.0 Å². The maximum atomic E-state index is 5.87. The van der Waals surface area contributed by atoms with Gasteiger partial charge in [-0.3, -0.25) is 0 Å². The van der Waals surface area contributed by atoms with Crippen molar-refractivity contribution in [3.8, 4) is 0 Å². The lowest BCUT2D eigenvalue weighted by atomic mass is 10.2. The summed E-state index contributed by atoms with van der Waals surface area (Å²) >= 11 is 9.32. The largest absolute Gasteiger partial charge is 0.352 e. The second kappa shape index (κ2) is 3.43. The lowest BCUT2D eigenvalue weighted by molar-refractivity contribution is 1.15. The summed E-state index contributed by atoms with van der Waals surface area (Å²) in [5.74, 6) is 0. The van der Waals surface area contributed by atoms with Crippen LogP contribution in [0, 0.1) is 6.92 Å². The minimum absolute atomic E-state index is 0.283. The Balaban J connectivity index is 2.57. The second-order valence-corrected chi connectivity index (χ2v) is 4.87. The monoisotopic (exact) mass is 295 g/mol. The number of fused-ring (bicyclic) bond motifs is 3. The van der Waals surface area contributed by atoms with Gasteiger partial charge in [0.15, 0.2) is 0 Å². The smallest absolute Gasteiger partial charge is 0.223 e. The van der Waals surface area contributed by atoms with Crippen LogP contribution in [0.5, 0.6) is 0 Å². The Morgan fingerprint density at radius 3 is 2.94 bits per heavy atom. The first-order valence-corrected chi connectivity index (χ1v) is 5.93. The molecule has 1 N–H and O–H groups in total. The molecule has 0 aliphatic rings. The first-order valence-electron chi connectivity index (χ1n) is 4.76. The van der Waals surface area contributed by atoms with E-state index in [1.54, 1.807) is 0 Å². The molecule has 3 nitrogen and oxygen atoms in total. The highest BCUT2D eigenvalue weighted by Crippen LogP contribution is 2.28. The minimum atomic E-state index is 0.283. The second-order valence-electron chi connectivity index (χ2n) is 3.62. The van der Waals surface area contributed by atoms with Gasteiger partial charge >= 0.3 is 0 Å². The summed E-state index contributed by atoms with van der Waals surface area (Å²) < 4.78 is 1.02. The highest BCUT2D eigenvalue weighted by atomic mass is 79.9. The average molecular weight is 297 g/mol. The number of hydrogen-bond donors (Lipinski definition) is 1. The number of nitrogens with one attached hydrogen (secondary N) is 1. The summed E-state index contributed by atoms with van der Waals surface area (Å²) in [7, 11) is 0. The number of hydrogen-bond acceptors (Lipinski definition) is 2. The highest BCUT2D eigenvalue weighted by molar-refractivity contribution is 9.10. The van der Waals surface area contributed by atoms with E-state index in [1.165, 1.54) is 0 Å². The summed E-state index contributed by atoms with van der Waals surface area (Å²) in [6, 6.07) is 6.02. The number of H-pyrrole nitrogens is 1. The van der Waals surface area contributed by atoms with E-state index in [9.17, 15) is 0 Å². The zero-order valence-electron chi connectivity index (χ0n) is 8.38. The van der Waals surface area contributed by atoms with Crippen molar-refractivity contribution >= 4 is 49.5 Å². The van der Waals surface area contributed by atoms with E-state index in [-0.39, 0.29) is 5.28 Å². The van der Waals surface area contributed by atoms with Crippen LogP contribution in [0.4, 0.5) is 0 Å². The van der Waals surface area contributed by atoms with Crippen molar-refractivity contribution in [2.75, 3.05) is 0 Å². The summed E-state index contributed by atoms with van der Waals surface area (Å²) in [5.41, 5.74) is 3.71. The summed E-state index contributed by atoms with van der Waals surface area (Å²) in [6.07, 6.45) is 0. The number of halogens is 2. The molecule has 16 heavy (non-hydrogen) atoms. The number of rotatable bonds is 0. The van der Waals surface area contributed by atoms with Crippen LogP contribution in [-0.2, 0) is 0 Å². The molecule has 3 rings (SSSR count). The van der Waals surface area contributed by atoms with Gasteiger partial charge in [-0.1, -0.05) is 15.9 Å². The lowest BCUT2D eigenvalue weighted by Gasteiger charge is -1.95. The molecule has 0 amide bonds. The zero-order chi connectivity index (χ0) is 11.3. The number of aromatic nitrogens is 3. The van der Waals surface area contributed by atoms with Gasteiger partial charge in [-0.2, -0.15) is 0 Å². The molecule has 0 aliphatic heterocycles. The topological polar surface area (TPSA) is 41.6 Å². The third kappa shape index (κ3) is 1.41. The first kappa shape index (κ1) is 10.1. The molecule has 0 atom stereocenters. The predicted molar refractivity (Wildman–Crippen MR) is 68.8 cm³/mol. The molecule has 80 valence electrons. The molecule has 0 spiro atoms. The standard InChI is InChI=1S/C11H7BrClN3/c1-5-9-10(16-11(13)14-5)7-4-6(12)2-3-8(7)15-9/h2-4,15H,1H3. The van der Waals surface area contributed by atoms with Crippen LogP contribution in [0.1, 0.15) is 5.69 Å². The van der Waals surface area contributed by atoms with Crippen molar-refractivity contribution in [3.63, 3.8) is 0 Å². The minimum Gasteiger partial charge on any atom is -0.352 e. The Kier molecular flexibility index (Phi) is 2.16. The molecule has 1 aromatic carbocycles. The van der Waals surface area contributed by atoms with E-state index in [1.807, 2.05) is 25.1 Å². The molecule has 3 aromatic rings. The zero-order valence-corrected chi connectivity index (χ0v) is 10.7. The van der Waals surface area contributed by atoms with E-state index in [4.69, 9.17) is 11.6 Å². The average Bonchev–Trinajstić information content (AvgIpc) is 2.57. The van der Waals surface area contributed by atoms with Crippen molar-refractivity contribution < 1.29 is 0 Å². The summed E-state index contributed by atoms with van der Waals surface area (Å²) in [6.45, 7) is 1.92. The number of nitrogens with zero attached hydrogens (tertiary/aromatic N) is 2. The van der Waals surface area contributed by atoms with Gasteiger partial charge < -0.3 is 4.98 Å². The highest BCUT2D eigenvalue weighted by Gasteiger charge is 2.10. The van der Waals surface area contributed by atoms with Gasteiger partial charge in [0.2, 0.25) is 5.28 Å². The fourth-order valence-corrected chi connectivity index (χ4v) is 2.41. The van der Waals surface area contributed by atoms with Crippen LogP contribution in [0.2, 0.25) is 5.28 Å². The Bertz CT molecular complexity index is 705. The molecule has 0 fully saturated rings. The number of aryl methyl sites for hydroxylation is 1. The van der Waals surface area contributed by atoms with Gasteiger partial charge in [0, 0.05) is 15.4 Å². The molecule has 0 radical (unpaired) electrons. The predicted octanol–water partition coefficient (Wildman–Crippen LogP) is 3.84. The van der Waals surface area contributed by atoms with Crippen molar-refractivity contribution in [2.24, 2.45) is 0 Å². The van der Waals surface area contributed by atoms with E-state index in [0.29, 0.717) is 0 Å². The van der Waals surface area contributed by atoms with Crippen molar-refractivity contribution in [1.29, 1.82) is 0 Å². The molecule has 0 saturated carbocycles. The quantitative estimate of drug-likeness (QED) is 0.640. The van der Waals surface area contributed by atoms with Crippen LogP contribution in [0.15, 0.2) is 22.7 Å². The fourth-order valence-electron chi connectivity index (χ4n) is 1.84. The number of benzene rings is 1. The molecule has 0 bridgehead atoms. The Morgan fingerprint density at radius 2 is 2.12 bits per heavy atom. The Hall–Kier alpha value is -1.13. The Labute approximate surface area is 105 Å². The van der Waals surface area contributed by atoms with Crippen LogP contribution in [0.25, 0.3) is 21.9 Å². The molecule has 0 unspecified atom stereocenters. The van der Waals surface area contributed by atoms with E-state index < -0.39 is 0 Å². The van der Waals surface area contributed by atoms with Crippen LogP contribution >= 0.6 is 27.5 Å². The van der Waals surface area contributed by atoms with Gasteiger partial charge in [-0.05, 0) is 36.7 Å². The molecule has 0 saturated heterocycles. The first-order chi connectivity index (χ1) is 7.65. The summed E-state index contributed by atoms with van der Waals surface area (Å²) in [5, 5.41) is 1.34. The normalized spacial score (nSPS) is 11.4. The maximum Gasteiger partial charge on any atom is 0.223 e. The lowest BCUT2D eigenvalue weighted by Crippen LogP contribution is -1.87. The Morgan fingerprint density at radius 1 is 1.31 bits per heavy atom. The third-order valence-electron chi connectivity index (χ3n) is 2.56. The van der Waals surface area contributed by atoms with Crippen LogP contribution < -0.4 is 0 Å². The van der Waals surface area contributed by atoms with Gasteiger partial charge in [0.05, 0.1) is 11.2 Å². The third-order valence-corrected chi connectivity index (χ3v) is 3.22. The van der Waals surface area contributed by atoms with Gasteiger partial charge in [-0.15, -0.1) is 0 Å². The van der Waals surface area contributed by atoms with E-state index in [0.717, 1.165) is 32.1 Å². The number of aromatic amines is 1. The van der Waals surface area contributed by atoms with Crippen molar-refractivity contribution in [2.45, 2.75) is 6.92 Å². The van der Waals surface area contributed by atoms with Crippen molar-refractivity contribution in [1.82, 2.24) is 15.0 Å².